The lowest BCUT2D eigenvalue weighted by molar-refractivity contribution is -0.143. The topological polar surface area (TPSA) is 57.6 Å². The molecule has 0 saturated carbocycles. The number of amides is 1. The molecule has 0 radical (unpaired) electrons. The number of piperidine rings is 1. The average Bonchev–Trinajstić information content (AvgIpc) is 2.41. The fraction of sp³-hybridized carbons (Fsp3) is 0.429. The Morgan fingerprint density at radius 2 is 2.15 bits per heavy atom. The summed E-state index contributed by atoms with van der Waals surface area (Å²) in [6, 6.07) is 4.98. The molecule has 20 heavy (non-hydrogen) atoms. The molecule has 1 fully saturated rings. The largest absolute Gasteiger partial charge is 0.481 e. The highest BCUT2D eigenvalue weighted by Gasteiger charge is 2.32. The number of carboxylic acids is 1. The zero-order chi connectivity index (χ0) is 14.9. The summed E-state index contributed by atoms with van der Waals surface area (Å²) in [5, 5.41) is 9.60. The number of rotatable bonds is 2. The van der Waals surface area contributed by atoms with Crippen LogP contribution in [-0.2, 0) is 4.79 Å². The van der Waals surface area contributed by atoms with Crippen molar-refractivity contribution in [3.05, 3.63) is 33.3 Å². The standard InChI is InChI=1S/C14H15BrClNO3/c1-8-6-10(14(19)20)4-5-17(8)13(18)9-2-3-12(16)11(15)7-9/h2-3,7-8,10H,4-6H2,1H3,(H,19,20). The third-order valence-corrected chi connectivity index (χ3v) is 4.87. The molecule has 1 heterocycles. The molecular weight excluding hydrogens is 346 g/mol. The molecule has 0 spiro atoms. The minimum atomic E-state index is -0.779. The molecule has 2 atom stereocenters. The molecule has 1 aliphatic rings. The van der Waals surface area contributed by atoms with E-state index in [0.29, 0.717) is 34.4 Å². The summed E-state index contributed by atoms with van der Waals surface area (Å²) < 4.78 is 0.679. The van der Waals surface area contributed by atoms with Gasteiger partial charge >= 0.3 is 5.97 Å². The van der Waals surface area contributed by atoms with Gasteiger partial charge in [-0.25, -0.2) is 0 Å². The molecule has 0 aromatic heterocycles. The first kappa shape index (κ1) is 15.3. The summed E-state index contributed by atoms with van der Waals surface area (Å²) in [6.45, 7) is 2.36. The van der Waals surface area contributed by atoms with Crippen molar-refractivity contribution in [2.24, 2.45) is 5.92 Å². The molecule has 1 aromatic carbocycles. The fourth-order valence-electron chi connectivity index (χ4n) is 2.49. The monoisotopic (exact) mass is 359 g/mol. The van der Waals surface area contributed by atoms with E-state index in [1.54, 1.807) is 23.1 Å². The number of carbonyl (C=O) groups excluding carboxylic acids is 1. The quantitative estimate of drug-likeness (QED) is 0.879. The van der Waals surface area contributed by atoms with Gasteiger partial charge in [0, 0.05) is 22.6 Å². The number of aliphatic carboxylic acids is 1. The van der Waals surface area contributed by atoms with Gasteiger partial charge in [0.2, 0.25) is 0 Å². The molecule has 2 unspecified atom stereocenters. The number of nitrogens with zero attached hydrogens (tertiary/aromatic N) is 1. The van der Waals surface area contributed by atoms with Gasteiger partial charge < -0.3 is 10.0 Å². The van der Waals surface area contributed by atoms with Crippen molar-refractivity contribution in [1.29, 1.82) is 0 Å². The minimum Gasteiger partial charge on any atom is -0.481 e. The van der Waals surface area contributed by atoms with Crippen LogP contribution in [0, 0.1) is 5.92 Å². The summed E-state index contributed by atoms with van der Waals surface area (Å²) in [7, 11) is 0. The van der Waals surface area contributed by atoms with E-state index in [0.717, 1.165) is 0 Å². The van der Waals surface area contributed by atoms with Crippen molar-refractivity contribution in [3.8, 4) is 0 Å². The van der Waals surface area contributed by atoms with Crippen LogP contribution in [0.25, 0.3) is 0 Å². The van der Waals surface area contributed by atoms with Crippen molar-refractivity contribution in [2.45, 2.75) is 25.8 Å². The second kappa shape index (κ2) is 6.14. The van der Waals surface area contributed by atoms with Crippen LogP contribution in [0.2, 0.25) is 5.02 Å². The number of hydrogen-bond acceptors (Lipinski definition) is 2. The lowest BCUT2D eigenvalue weighted by Crippen LogP contribution is -2.46. The molecule has 0 aliphatic carbocycles. The molecular formula is C14H15BrClNO3. The average molecular weight is 361 g/mol. The van der Waals surface area contributed by atoms with Gasteiger partial charge in [0.25, 0.3) is 5.91 Å². The van der Waals surface area contributed by atoms with E-state index < -0.39 is 5.97 Å². The van der Waals surface area contributed by atoms with Crippen LogP contribution >= 0.6 is 27.5 Å². The highest BCUT2D eigenvalue weighted by atomic mass is 79.9. The molecule has 108 valence electrons. The van der Waals surface area contributed by atoms with Crippen LogP contribution in [0.5, 0.6) is 0 Å². The van der Waals surface area contributed by atoms with E-state index >= 15 is 0 Å². The van der Waals surface area contributed by atoms with Crippen LogP contribution in [0.15, 0.2) is 22.7 Å². The van der Waals surface area contributed by atoms with E-state index in [9.17, 15) is 9.59 Å². The van der Waals surface area contributed by atoms with Crippen molar-refractivity contribution in [3.63, 3.8) is 0 Å². The van der Waals surface area contributed by atoms with Crippen molar-refractivity contribution < 1.29 is 14.7 Å². The van der Waals surface area contributed by atoms with Crippen LogP contribution < -0.4 is 0 Å². The Labute approximate surface area is 130 Å². The zero-order valence-corrected chi connectivity index (χ0v) is 13.3. The second-order valence-corrected chi connectivity index (χ2v) is 6.30. The van der Waals surface area contributed by atoms with Crippen LogP contribution in [0.1, 0.15) is 30.1 Å². The number of carbonyl (C=O) groups is 2. The van der Waals surface area contributed by atoms with Gasteiger partial charge in [0.05, 0.1) is 10.9 Å². The van der Waals surface area contributed by atoms with E-state index in [4.69, 9.17) is 16.7 Å². The highest BCUT2D eigenvalue weighted by Crippen LogP contribution is 2.27. The third kappa shape index (κ3) is 3.15. The SMILES string of the molecule is CC1CC(C(=O)O)CCN1C(=O)c1ccc(Cl)c(Br)c1. The predicted octanol–water partition coefficient (Wildman–Crippen LogP) is 3.43. The van der Waals surface area contributed by atoms with E-state index in [1.165, 1.54) is 0 Å². The Balaban J connectivity index is 2.13. The first-order chi connectivity index (χ1) is 9.40. The fourth-order valence-corrected chi connectivity index (χ4v) is 2.99. The molecule has 2 rings (SSSR count). The van der Waals surface area contributed by atoms with E-state index in [2.05, 4.69) is 15.9 Å². The first-order valence-electron chi connectivity index (χ1n) is 6.39. The number of halogens is 2. The Morgan fingerprint density at radius 3 is 2.70 bits per heavy atom. The molecule has 1 amide bonds. The van der Waals surface area contributed by atoms with Gasteiger partial charge in [-0.05, 0) is 53.9 Å². The van der Waals surface area contributed by atoms with Crippen LogP contribution in [0.3, 0.4) is 0 Å². The number of carboxylic acid groups (broad SMARTS) is 1. The van der Waals surface area contributed by atoms with Crippen molar-refractivity contribution in [2.75, 3.05) is 6.54 Å². The van der Waals surface area contributed by atoms with E-state index in [1.807, 2.05) is 6.92 Å². The Hall–Kier alpha value is -1.07. The second-order valence-electron chi connectivity index (χ2n) is 5.04. The number of likely N-dealkylation sites (tertiary alicyclic amines) is 1. The van der Waals surface area contributed by atoms with Crippen molar-refractivity contribution in [1.82, 2.24) is 4.90 Å². The molecule has 0 bridgehead atoms. The lowest BCUT2D eigenvalue weighted by Gasteiger charge is -2.36. The maximum atomic E-state index is 12.5. The summed E-state index contributed by atoms with van der Waals surface area (Å²) in [5.74, 6) is -1.22. The summed E-state index contributed by atoms with van der Waals surface area (Å²) in [4.78, 5) is 25.2. The maximum Gasteiger partial charge on any atom is 0.306 e. The summed E-state index contributed by atoms with van der Waals surface area (Å²) in [5.41, 5.74) is 0.557. The first-order valence-corrected chi connectivity index (χ1v) is 7.56. The summed E-state index contributed by atoms with van der Waals surface area (Å²) >= 11 is 9.22. The maximum absolute atomic E-state index is 12.5. The van der Waals surface area contributed by atoms with Gasteiger partial charge in [0.15, 0.2) is 0 Å². The van der Waals surface area contributed by atoms with Gasteiger partial charge in [-0.3, -0.25) is 9.59 Å². The van der Waals surface area contributed by atoms with E-state index in [-0.39, 0.29) is 17.9 Å². The molecule has 6 heteroatoms. The Kier molecular flexibility index (Phi) is 4.70. The smallest absolute Gasteiger partial charge is 0.306 e. The Bertz CT molecular complexity index is 549. The third-order valence-electron chi connectivity index (χ3n) is 3.65. The molecule has 4 nitrogen and oxygen atoms in total. The summed E-state index contributed by atoms with van der Waals surface area (Å²) in [6.07, 6.45) is 0.996. The number of benzene rings is 1. The zero-order valence-electron chi connectivity index (χ0n) is 11.0. The molecule has 1 N–H and O–H groups in total. The predicted molar refractivity (Wildman–Crippen MR) is 80.0 cm³/mol. The van der Waals surface area contributed by atoms with Crippen molar-refractivity contribution >= 4 is 39.4 Å². The highest BCUT2D eigenvalue weighted by molar-refractivity contribution is 9.10. The lowest BCUT2D eigenvalue weighted by atomic mass is 9.91. The van der Waals surface area contributed by atoms with Gasteiger partial charge in [-0.1, -0.05) is 11.6 Å². The van der Waals surface area contributed by atoms with Gasteiger partial charge in [-0.2, -0.15) is 0 Å². The molecule has 1 aliphatic heterocycles. The minimum absolute atomic E-state index is 0.0770. The van der Waals surface area contributed by atoms with Crippen LogP contribution in [-0.4, -0.2) is 34.5 Å². The molecule has 1 aromatic rings. The normalized spacial score (nSPS) is 22.6. The Morgan fingerprint density at radius 1 is 1.45 bits per heavy atom. The number of hydrogen-bond donors (Lipinski definition) is 1. The van der Waals surface area contributed by atoms with Gasteiger partial charge in [0.1, 0.15) is 0 Å². The molecule has 1 saturated heterocycles. The van der Waals surface area contributed by atoms with Gasteiger partial charge in [-0.15, -0.1) is 0 Å². The van der Waals surface area contributed by atoms with Crippen LogP contribution in [0.4, 0.5) is 0 Å².